The molecule has 1 N–H and O–H groups in total. The van der Waals surface area contributed by atoms with E-state index in [0.717, 1.165) is 28.6 Å². The van der Waals surface area contributed by atoms with Crippen molar-refractivity contribution >= 4 is 16.7 Å². The Morgan fingerprint density at radius 3 is 2.56 bits per heavy atom. The van der Waals surface area contributed by atoms with Crippen LogP contribution in [0.15, 0.2) is 63.8 Å². The fourth-order valence-corrected chi connectivity index (χ4v) is 3.05. The second-order valence-corrected chi connectivity index (χ2v) is 6.34. The Hall–Kier alpha value is -2.59. The number of para-hydroxylation sites is 1. The van der Waals surface area contributed by atoms with E-state index < -0.39 is 6.10 Å². The van der Waals surface area contributed by atoms with Crippen LogP contribution in [-0.4, -0.2) is 17.8 Å². The third kappa shape index (κ3) is 4.09. The van der Waals surface area contributed by atoms with Crippen LogP contribution in [0.2, 0.25) is 0 Å². The molecule has 0 spiro atoms. The van der Waals surface area contributed by atoms with Crippen molar-refractivity contribution in [3.8, 4) is 0 Å². The predicted molar refractivity (Wildman–Crippen MR) is 101 cm³/mol. The van der Waals surface area contributed by atoms with E-state index in [2.05, 4.69) is 17.9 Å². The molecule has 25 heavy (non-hydrogen) atoms. The Balaban J connectivity index is 2.03. The van der Waals surface area contributed by atoms with Gasteiger partial charge in [0.15, 0.2) is 0 Å². The lowest BCUT2D eigenvalue weighted by molar-refractivity contribution is 0.199. The first kappa shape index (κ1) is 17.2. The maximum absolute atomic E-state index is 12.0. The van der Waals surface area contributed by atoms with Crippen molar-refractivity contribution < 1.29 is 9.52 Å². The topological polar surface area (TPSA) is 53.7 Å². The predicted octanol–water partition coefficient (Wildman–Crippen LogP) is 3.74. The molecule has 0 fully saturated rings. The van der Waals surface area contributed by atoms with Crippen molar-refractivity contribution in [2.24, 2.45) is 0 Å². The smallest absolute Gasteiger partial charge is 0.336 e. The number of anilines is 1. The van der Waals surface area contributed by atoms with E-state index in [1.807, 2.05) is 42.5 Å². The molecule has 0 saturated heterocycles. The molecule has 0 aliphatic rings. The Bertz CT molecular complexity index is 900. The minimum Gasteiger partial charge on any atom is -0.423 e. The number of hydrogen-bond acceptors (Lipinski definition) is 4. The molecule has 3 aromatic rings. The molecule has 1 atom stereocenters. The number of hydrogen-bond donors (Lipinski definition) is 1. The number of fused-ring (bicyclic) bond motifs is 1. The zero-order valence-electron chi connectivity index (χ0n) is 14.6. The summed E-state index contributed by atoms with van der Waals surface area (Å²) in [5.74, 6) is 0. The molecule has 130 valence electrons. The summed E-state index contributed by atoms with van der Waals surface area (Å²) in [5.41, 5.74) is 3.32. The quantitative estimate of drug-likeness (QED) is 0.696. The van der Waals surface area contributed by atoms with Crippen molar-refractivity contribution in [3.63, 3.8) is 0 Å². The van der Waals surface area contributed by atoms with Crippen LogP contribution in [-0.2, 0) is 13.0 Å². The molecular formula is C21H23NO3. The molecule has 3 rings (SSSR count). The fraction of sp³-hybridized carbons (Fsp3) is 0.286. The molecule has 0 aliphatic carbocycles. The molecule has 4 heteroatoms. The van der Waals surface area contributed by atoms with Gasteiger partial charge in [-0.15, -0.1) is 0 Å². The van der Waals surface area contributed by atoms with E-state index in [9.17, 15) is 9.90 Å². The van der Waals surface area contributed by atoms with E-state index in [4.69, 9.17) is 4.42 Å². The number of aliphatic hydroxyl groups excluding tert-OH is 1. The first-order valence-electron chi connectivity index (χ1n) is 8.60. The van der Waals surface area contributed by atoms with Gasteiger partial charge in [-0.2, -0.15) is 0 Å². The van der Waals surface area contributed by atoms with Gasteiger partial charge in [-0.05, 0) is 42.7 Å². The summed E-state index contributed by atoms with van der Waals surface area (Å²) >= 11 is 0. The second kappa shape index (κ2) is 7.53. The fourth-order valence-electron chi connectivity index (χ4n) is 3.05. The molecule has 1 heterocycles. The average Bonchev–Trinajstić information content (AvgIpc) is 2.60. The minimum absolute atomic E-state index is 0.346. The summed E-state index contributed by atoms with van der Waals surface area (Å²) in [6.07, 6.45) is 0.417. The molecule has 2 aromatic carbocycles. The van der Waals surface area contributed by atoms with Crippen LogP contribution >= 0.6 is 0 Å². The number of nitrogens with zero attached hydrogens (tertiary/aromatic N) is 1. The highest BCUT2D eigenvalue weighted by Gasteiger charge is 2.14. The van der Waals surface area contributed by atoms with Crippen molar-refractivity contribution in [2.45, 2.75) is 32.9 Å². The molecule has 0 aliphatic heterocycles. The summed E-state index contributed by atoms with van der Waals surface area (Å²) in [6, 6.07) is 17.5. The van der Waals surface area contributed by atoms with Crippen LogP contribution in [0.25, 0.3) is 11.0 Å². The molecule has 4 nitrogen and oxygen atoms in total. The van der Waals surface area contributed by atoms with Crippen LogP contribution in [0.3, 0.4) is 0 Å². The number of aliphatic hydroxyl groups is 1. The first-order valence-corrected chi connectivity index (χ1v) is 8.60. The van der Waals surface area contributed by atoms with E-state index in [-0.39, 0.29) is 5.63 Å². The first-order chi connectivity index (χ1) is 12.1. The summed E-state index contributed by atoms with van der Waals surface area (Å²) in [4.78, 5) is 14.1. The standard InChI is InChI=1S/C21H23NO3/c1-3-16-9-10-19-17(12-21(24)25-20(19)11-16)14-22(13-15(2)23)18-7-5-4-6-8-18/h4-12,15,23H,3,13-14H2,1-2H3/t15-/m1/s1. The highest BCUT2D eigenvalue weighted by molar-refractivity contribution is 5.81. The van der Waals surface area contributed by atoms with Crippen molar-refractivity contribution in [2.75, 3.05) is 11.4 Å². The Kier molecular flexibility index (Phi) is 5.19. The van der Waals surface area contributed by atoms with Crippen LogP contribution < -0.4 is 10.5 Å². The molecule has 0 radical (unpaired) electrons. The summed E-state index contributed by atoms with van der Waals surface area (Å²) in [7, 11) is 0. The normalized spacial score (nSPS) is 12.3. The molecule has 0 bridgehead atoms. The number of benzene rings is 2. The monoisotopic (exact) mass is 337 g/mol. The van der Waals surface area contributed by atoms with E-state index >= 15 is 0 Å². The number of rotatable bonds is 6. The molecule has 0 amide bonds. The third-order valence-corrected chi connectivity index (χ3v) is 4.27. The Morgan fingerprint density at radius 2 is 1.88 bits per heavy atom. The van der Waals surface area contributed by atoms with Gasteiger partial charge in [0.05, 0.1) is 6.10 Å². The van der Waals surface area contributed by atoms with E-state index in [0.29, 0.717) is 18.7 Å². The van der Waals surface area contributed by atoms with Gasteiger partial charge in [-0.1, -0.05) is 37.3 Å². The van der Waals surface area contributed by atoms with Gasteiger partial charge in [-0.25, -0.2) is 4.79 Å². The van der Waals surface area contributed by atoms with E-state index in [1.165, 1.54) is 0 Å². The number of aryl methyl sites for hydroxylation is 1. The second-order valence-electron chi connectivity index (χ2n) is 6.34. The Morgan fingerprint density at radius 1 is 1.12 bits per heavy atom. The molecule has 0 unspecified atom stereocenters. The van der Waals surface area contributed by atoms with Crippen LogP contribution in [0.5, 0.6) is 0 Å². The van der Waals surface area contributed by atoms with Gasteiger partial charge >= 0.3 is 5.63 Å². The van der Waals surface area contributed by atoms with Gasteiger partial charge < -0.3 is 14.4 Å². The van der Waals surface area contributed by atoms with Crippen LogP contribution in [0.1, 0.15) is 25.0 Å². The van der Waals surface area contributed by atoms with Crippen molar-refractivity contribution in [1.29, 1.82) is 0 Å². The van der Waals surface area contributed by atoms with Crippen LogP contribution in [0.4, 0.5) is 5.69 Å². The van der Waals surface area contributed by atoms with Gasteiger partial charge in [0.25, 0.3) is 0 Å². The molecule has 0 saturated carbocycles. The Labute approximate surface area is 147 Å². The zero-order chi connectivity index (χ0) is 17.8. The molecule has 1 aromatic heterocycles. The zero-order valence-corrected chi connectivity index (χ0v) is 14.6. The SMILES string of the molecule is CCc1ccc2c(CN(C[C@@H](C)O)c3ccccc3)cc(=O)oc2c1. The highest BCUT2D eigenvalue weighted by Crippen LogP contribution is 2.23. The minimum atomic E-state index is -0.474. The average molecular weight is 337 g/mol. The van der Waals surface area contributed by atoms with Gasteiger partial charge in [0.2, 0.25) is 0 Å². The summed E-state index contributed by atoms with van der Waals surface area (Å²) in [5, 5.41) is 10.8. The van der Waals surface area contributed by atoms with Gasteiger partial charge in [-0.3, -0.25) is 0 Å². The maximum Gasteiger partial charge on any atom is 0.336 e. The lowest BCUT2D eigenvalue weighted by Gasteiger charge is -2.26. The van der Waals surface area contributed by atoms with Crippen molar-refractivity contribution in [1.82, 2.24) is 0 Å². The third-order valence-electron chi connectivity index (χ3n) is 4.27. The van der Waals surface area contributed by atoms with Crippen molar-refractivity contribution in [3.05, 3.63) is 76.1 Å². The largest absolute Gasteiger partial charge is 0.423 e. The van der Waals surface area contributed by atoms with Crippen LogP contribution in [0, 0.1) is 0 Å². The highest BCUT2D eigenvalue weighted by atomic mass is 16.4. The summed E-state index contributed by atoms with van der Waals surface area (Å²) < 4.78 is 5.39. The lowest BCUT2D eigenvalue weighted by atomic mass is 10.1. The lowest BCUT2D eigenvalue weighted by Crippen LogP contribution is -2.30. The van der Waals surface area contributed by atoms with Gasteiger partial charge in [0, 0.05) is 30.2 Å². The maximum atomic E-state index is 12.0. The summed E-state index contributed by atoms with van der Waals surface area (Å²) in [6.45, 7) is 4.85. The molecular weight excluding hydrogens is 314 g/mol. The van der Waals surface area contributed by atoms with Gasteiger partial charge in [0.1, 0.15) is 5.58 Å². The van der Waals surface area contributed by atoms with E-state index in [1.54, 1.807) is 13.0 Å².